The largest absolute Gasteiger partial charge is 0.369 e. The first-order valence-electron chi connectivity index (χ1n) is 11.6. The second-order valence-electron chi connectivity index (χ2n) is 8.69. The molecule has 1 aromatic carbocycles. The Morgan fingerprint density at radius 2 is 1.79 bits per heavy atom. The number of hydrogen-bond acceptors (Lipinski definition) is 8. The summed E-state index contributed by atoms with van der Waals surface area (Å²) in [5, 5.41) is 5.07. The average Bonchev–Trinajstić information content (AvgIpc) is 3.17. The van der Waals surface area contributed by atoms with E-state index in [2.05, 4.69) is 44.3 Å². The lowest BCUT2D eigenvalue weighted by Gasteiger charge is -2.34. The molecule has 1 fully saturated rings. The maximum absolute atomic E-state index is 13.3. The van der Waals surface area contributed by atoms with Crippen molar-refractivity contribution in [1.82, 2.24) is 24.4 Å². The molecule has 34 heavy (non-hydrogen) atoms. The third-order valence-electron chi connectivity index (χ3n) is 6.28. The van der Waals surface area contributed by atoms with E-state index in [0.717, 1.165) is 52.8 Å². The number of likely N-dealkylation sites (N-methyl/N-ethyl adjacent to an activating group) is 1. The van der Waals surface area contributed by atoms with E-state index in [-0.39, 0.29) is 5.56 Å². The number of hydrogen-bond donors (Lipinski definition) is 1. The van der Waals surface area contributed by atoms with Crippen LogP contribution in [0.25, 0.3) is 21.5 Å². The molecule has 9 heteroatoms. The zero-order chi connectivity index (χ0) is 23.8. The number of aryl methyl sites for hydroxylation is 3. The number of piperazine rings is 1. The van der Waals surface area contributed by atoms with Gasteiger partial charge >= 0.3 is 0 Å². The lowest BCUT2D eigenvalue weighted by Crippen LogP contribution is -2.44. The third-order valence-corrected chi connectivity index (χ3v) is 7.39. The van der Waals surface area contributed by atoms with Gasteiger partial charge in [0.1, 0.15) is 5.65 Å². The molecule has 4 aromatic rings. The molecule has 0 atom stereocenters. The Balaban J connectivity index is 1.43. The molecule has 1 saturated heterocycles. The van der Waals surface area contributed by atoms with Crippen LogP contribution >= 0.6 is 11.3 Å². The first-order chi connectivity index (χ1) is 16.4. The summed E-state index contributed by atoms with van der Waals surface area (Å²) in [4.78, 5) is 32.7. The Morgan fingerprint density at radius 1 is 1.06 bits per heavy atom. The molecule has 176 valence electrons. The number of anilines is 3. The number of nitrogens with one attached hydrogen (secondary N) is 1. The second-order valence-corrected chi connectivity index (χ2v) is 9.89. The first kappa shape index (κ1) is 22.5. The summed E-state index contributed by atoms with van der Waals surface area (Å²) in [5.74, 6) is 0.471. The molecule has 0 bridgehead atoms. The van der Waals surface area contributed by atoms with Crippen molar-refractivity contribution in [2.45, 2.75) is 27.3 Å². The van der Waals surface area contributed by atoms with Crippen LogP contribution < -0.4 is 15.8 Å². The standard InChI is InChI=1S/C25H29N7OS/c1-5-32-23-18(14-21(24(32)33)22-16(2)27-17(3)34-22)15-26-25(29-23)28-19-6-8-20(9-7-19)31-12-10-30(4)11-13-31/h6-9,14-15H,5,10-13H2,1-4H3,(H,26,28,29). The highest BCUT2D eigenvalue weighted by Crippen LogP contribution is 2.29. The van der Waals surface area contributed by atoms with Gasteiger partial charge in [-0.2, -0.15) is 4.98 Å². The highest BCUT2D eigenvalue weighted by Gasteiger charge is 2.17. The van der Waals surface area contributed by atoms with Crippen LogP contribution in [0.2, 0.25) is 0 Å². The summed E-state index contributed by atoms with van der Waals surface area (Å²) in [6.07, 6.45) is 1.78. The minimum atomic E-state index is -0.0528. The van der Waals surface area contributed by atoms with E-state index in [0.29, 0.717) is 23.7 Å². The second kappa shape index (κ2) is 9.15. The Hall–Kier alpha value is -3.30. The summed E-state index contributed by atoms with van der Waals surface area (Å²) in [5.41, 5.74) is 4.24. The van der Waals surface area contributed by atoms with Crippen molar-refractivity contribution in [2.24, 2.45) is 0 Å². The van der Waals surface area contributed by atoms with Crippen LogP contribution in [0.1, 0.15) is 17.6 Å². The molecule has 3 aromatic heterocycles. The van der Waals surface area contributed by atoms with Crippen molar-refractivity contribution in [3.05, 3.63) is 57.6 Å². The fraction of sp³-hybridized carbons (Fsp3) is 0.360. The Morgan fingerprint density at radius 3 is 2.44 bits per heavy atom. The molecule has 1 aliphatic rings. The summed E-state index contributed by atoms with van der Waals surface area (Å²) in [6, 6.07) is 10.2. The van der Waals surface area contributed by atoms with E-state index >= 15 is 0 Å². The zero-order valence-electron chi connectivity index (χ0n) is 20.0. The summed E-state index contributed by atoms with van der Waals surface area (Å²) >= 11 is 1.54. The summed E-state index contributed by atoms with van der Waals surface area (Å²) in [7, 11) is 2.16. The highest BCUT2D eigenvalue weighted by atomic mass is 32.1. The lowest BCUT2D eigenvalue weighted by molar-refractivity contribution is 0.313. The molecule has 5 rings (SSSR count). The fourth-order valence-corrected chi connectivity index (χ4v) is 5.33. The average molecular weight is 476 g/mol. The fourth-order valence-electron chi connectivity index (χ4n) is 4.41. The molecule has 1 N–H and O–H groups in total. The van der Waals surface area contributed by atoms with Gasteiger partial charge in [-0.15, -0.1) is 11.3 Å². The smallest absolute Gasteiger partial charge is 0.260 e. The van der Waals surface area contributed by atoms with Gasteiger partial charge in [-0.05, 0) is 58.2 Å². The molecule has 0 amide bonds. The van der Waals surface area contributed by atoms with Crippen molar-refractivity contribution >= 4 is 39.7 Å². The number of aromatic nitrogens is 4. The van der Waals surface area contributed by atoms with Crippen LogP contribution in [0.3, 0.4) is 0 Å². The van der Waals surface area contributed by atoms with Crippen LogP contribution in [-0.4, -0.2) is 57.6 Å². The Labute approximate surface area is 202 Å². The summed E-state index contributed by atoms with van der Waals surface area (Å²) < 4.78 is 1.71. The summed E-state index contributed by atoms with van der Waals surface area (Å²) in [6.45, 7) is 10.6. The van der Waals surface area contributed by atoms with Gasteiger partial charge in [-0.1, -0.05) is 0 Å². The molecular formula is C25H29N7OS. The van der Waals surface area contributed by atoms with Crippen LogP contribution in [0.4, 0.5) is 17.3 Å². The van der Waals surface area contributed by atoms with Crippen LogP contribution in [-0.2, 0) is 6.54 Å². The van der Waals surface area contributed by atoms with E-state index in [4.69, 9.17) is 4.98 Å². The topological polar surface area (TPSA) is 79.2 Å². The van der Waals surface area contributed by atoms with Gasteiger partial charge in [0, 0.05) is 55.7 Å². The maximum atomic E-state index is 13.3. The van der Waals surface area contributed by atoms with Gasteiger partial charge in [0.25, 0.3) is 5.56 Å². The van der Waals surface area contributed by atoms with Gasteiger partial charge < -0.3 is 15.1 Å². The van der Waals surface area contributed by atoms with Gasteiger partial charge in [-0.25, -0.2) is 9.97 Å². The van der Waals surface area contributed by atoms with E-state index in [1.54, 1.807) is 22.1 Å². The van der Waals surface area contributed by atoms with Gasteiger partial charge in [0.15, 0.2) is 0 Å². The van der Waals surface area contributed by atoms with Crippen molar-refractivity contribution in [3.63, 3.8) is 0 Å². The number of thiazole rings is 1. The molecule has 0 unspecified atom stereocenters. The number of pyridine rings is 1. The molecule has 0 saturated carbocycles. The monoisotopic (exact) mass is 475 g/mol. The molecule has 1 aliphatic heterocycles. The van der Waals surface area contributed by atoms with Crippen molar-refractivity contribution < 1.29 is 0 Å². The Kier molecular flexibility index (Phi) is 6.05. The van der Waals surface area contributed by atoms with E-state index in [1.165, 1.54) is 5.69 Å². The van der Waals surface area contributed by atoms with Crippen LogP contribution in [0.5, 0.6) is 0 Å². The zero-order valence-corrected chi connectivity index (χ0v) is 20.8. The molecule has 0 aliphatic carbocycles. The molecule has 0 spiro atoms. The Bertz CT molecular complexity index is 1390. The van der Waals surface area contributed by atoms with E-state index in [1.807, 2.05) is 39.0 Å². The molecule has 0 radical (unpaired) electrons. The van der Waals surface area contributed by atoms with Crippen molar-refractivity contribution in [3.8, 4) is 10.4 Å². The minimum absolute atomic E-state index is 0.0528. The normalized spacial score (nSPS) is 14.6. The predicted octanol–water partition coefficient (Wildman–Crippen LogP) is 4.05. The third kappa shape index (κ3) is 4.28. The van der Waals surface area contributed by atoms with Gasteiger partial charge in [0.2, 0.25) is 5.95 Å². The molecular weight excluding hydrogens is 446 g/mol. The van der Waals surface area contributed by atoms with Crippen LogP contribution in [0, 0.1) is 13.8 Å². The minimum Gasteiger partial charge on any atom is -0.369 e. The molecule has 8 nitrogen and oxygen atoms in total. The number of nitrogens with zero attached hydrogens (tertiary/aromatic N) is 6. The number of fused-ring (bicyclic) bond motifs is 1. The molecule has 4 heterocycles. The van der Waals surface area contributed by atoms with E-state index in [9.17, 15) is 4.79 Å². The predicted molar refractivity (Wildman–Crippen MR) is 139 cm³/mol. The van der Waals surface area contributed by atoms with Crippen molar-refractivity contribution in [1.29, 1.82) is 0 Å². The highest BCUT2D eigenvalue weighted by molar-refractivity contribution is 7.15. The lowest BCUT2D eigenvalue weighted by atomic mass is 10.1. The van der Waals surface area contributed by atoms with Gasteiger partial charge in [-0.3, -0.25) is 9.36 Å². The van der Waals surface area contributed by atoms with Crippen molar-refractivity contribution in [2.75, 3.05) is 43.4 Å². The quantitative estimate of drug-likeness (QED) is 0.467. The van der Waals surface area contributed by atoms with Gasteiger partial charge in [0.05, 0.1) is 21.1 Å². The van der Waals surface area contributed by atoms with Crippen LogP contribution in [0.15, 0.2) is 41.3 Å². The number of rotatable bonds is 5. The SMILES string of the molecule is CCn1c(=O)c(-c2sc(C)nc2C)cc2cnc(Nc3ccc(N4CCN(C)CC4)cc3)nc21. The van der Waals surface area contributed by atoms with E-state index < -0.39 is 0 Å². The number of benzene rings is 1. The first-order valence-corrected chi connectivity index (χ1v) is 12.4. The maximum Gasteiger partial charge on any atom is 0.260 e.